The van der Waals surface area contributed by atoms with Crippen molar-refractivity contribution in [3.63, 3.8) is 0 Å². The molecule has 0 atom stereocenters. The summed E-state index contributed by atoms with van der Waals surface area (Å²) in [6.45, 7) is 1.14. The third kappa shape index (κ3) is 3.02. The predicted molar refractivity (Wildman–Crippen MR) is 88.8 cm³/mol. The van der Waals surface area contributed by atoms with Crippen LogP contribution in [-0.2, 0) is 17.6 Å². The summed E-state index contributed by atoms with van der Waals surface area (Å²) in [5.41, 5.74) is 3.27. The van der Waals surface area contributed by atoms with Gasteiger partial charge < -0.3 is 4.90 Å². The Labute approximate surface area is 144 Å². The molecule has 0 saturated carbocycles. The van der Waals surface area contributed by atoms with Crippen molar-refractivity contribution >= 4 is 23.2 Å². The number of fused-ring (bicyclic) bond motifs is 1. The number of alkyl halides is 2. The molecule has 128 valence electrons. The van der Waals surface area contributed by atoms with Crippen LogP contribution in [0.3, 0.4) is 0 Å². The van der Waals surface area contributed by atoms with Crippen LogP contribution >= 0.6 is 11.6 Å². The number of halogens is 3. The smallest absolute Gasteiger partial charge is 0.312 e. The van der Waals surface area contributed by atoms with E-state index in [1.54, 1.807) is 24.8 Å². The van der Waals surface area contributed by atoms with E-state index in [9.17, 15) is 13.6 Å². The van der Waals surface area contributed by atoms with Crippen molar-refractivity contribution in [2.75, 3.05) is 11.4 Å². The molecule has 2 aromatic rings. The van der Waals surface area contributed by atoms with Crippen LogP contribution in [0.4, 0.5) is 14.5 Å². The first kappa shape index (κ1) is 16.9. The molecule has 2 heterocycles. The van der Waals surface area contributed by atoms with Crippen LogP contribution in [-0.4, -0.2) is 22.2 Å². The van der Waals surface area contributed by atoms with Crippen molar-refractivity contribution in [3.8, 4) is 0 Å². The number of carbonyl (C=O) groups is 1. The molecule has 3 rings (SSSR count). The van der Waals surface area contributed by atoms with Crippen molar-refractivity contribution < 1.29 is 13.6 Å². The van der Waals surface area contributed by atoms with Crippen LogP contribution in [0.5, 0.6) is 0 Å². The van der Waals surface area contributed by atoms with E-state index < -0.39 is 6.55 Å². The van der Waals surface area contributed by atoms with E-state index in [1.807, 2.05) is 12.1 Å². The van der Waals surface area contributed by atoms with Gasteiger partial charge in [-0.3, -0.25) is 4.79 Å². The SMILES string of the molecule is Cc1nn(C(F)F)c(C)c1CC(=O)N1CCCc2cc(Cl)ccc21. The Balaban J connectivity index is 1.87. The molecular weight excluding hydrogens is 336 g/mol. The molecule has 0 radical (unpaired) electrons. The number of amides is 1. The highest BCUT2D eigenvalue weighted by Gasteiger charge is 2.25. The normalized spacial score (nSPS) is 14.2. The summed E-state index contributed by atoms with van der Waals surface area (Å²) < 4.78 is 26.6. The molecule has 0 spiro atoms. The lowest BCUT2D eigenvalue weighted by molar-refractivity contribution is -0.118. The maximum atomic E-state index is 12.9. The largest absolute Gasteiger partial charge is 0.333 e. The molecule has 1 aliphatic heterocycles. The zero-order valence-corrected chi connectivity index (χ0v) is 14.3. The number of aryl methyl sites for hydroxylation is 2. The van der Waals surface area contributed by atoms with Crippen LogP contribution in [0.25, 0.3) is 0 Å². The summed E-state index contributed by atoms with van der Waals surface area (Å²) in [7, 11) is 0. The first-order valence-corrected chi connectivity index (χ1v) is 8.18. The number of rotatable bonds is 3. The second kappa shape index (κ2) is 6.51. The predicted octanol–water partition coefficient (Wildman–Crippen LogP) is 4.07. The zero-order chi connectivity index (χ0) is 17.4. The number of carbonyl (C=O) groups excluding carboxylic acids is 1. The first-order chi connectivity index (χ1) is 11.4. The number of nitrogens with zero attached hydrogens (tertiary/aromatic N) is 3. The van der Waals surface area contributed by atoms with E-state index in [4.69, 9.17) is 11.6 Å². The summed E-state index contributed by atoms with van der Waals surface area (Å²) >= 11 is 6.02. The van der Waals surface area contributed by atoms with E-state index >= 15 is 0 Å². The van der Waals surface area contributed by atoms with Gasteiger partial charge in [-0.2, -0.15) is 13.9 Å². The number of hydrogen-bond donors (Lipinski definition) is 0. The lowest BCUT2D eigenvalue weighted by Gasteiger charge is -2.29. The van der Waals surface area contributed by atoms with Gasteiger partial charge >= 0.3 is 6.55 Å². The Morgan fingerprint density at radius 2 is 2.12 bits per heavy atom. The Hall–Kier alpha value is -1.95. The maximum Gasteiger partial charge on any atom is 0.333 e. The number of aromatic nitrogens is 2. The fourth-order valence-electron chi connectivity index (χ4n) is 3.21. The minimum absolute atomic E-state index is 0.0620. The third-order valence-corrected chi connectivity index (χ3v) is 4.68. The average molecular weight is 354 g/mol. The highest BCUT2D eigenvalue weighted by Crippen LogP contribution is 2.30. The standard InChI is InChI=1S/C17H18ClF2N3O/c1-10-14(11(2)23(21-10)17(19)20)9-16(24)22-7-3-4-12-8-13(18)5-6-15(12)22/h5-6,8,17H,3-4,7,9H2,1-2H3. The van der Waals surface area contributed by atoms with Crippen molar-refractivity contribution in [1.29, 1.82) is 0 Å². The molecule has 1 aromatic heterocycles. The van der Waals surface area contributed by atoms with Gasteiger partial charge in [-0.05, 0) is 50.5 Å². The van der Waals surface area contributed by atoms with Crippen LogP contribution < -0.4 is 4.90 Å². The summed E-state index contributed by atoms with van der Waals surface area (Å²) in [4.78, 5) is 14.5. The second-order valence-electron chi connectivity index (χ2n) is 5.97. The molecule has 7 heteroatoms. The van der Waals surface area contributed by atoms with Crippen molar-refractivity contribution in [3.05, 3.63) is 45.7 Å². The second-order valence-corrected chi connectivity index (χ2v) is 6.41. The van der Waals surface area contributed by atoms with Crippen molar-refractivity contribution in [2.24, 2.45) is 0 Å². The first-order valence-electron chi connectivity index (χ1n) is 7.80. The molecule has 4 nitrogen and oxygen atoms in total. The molecule has 0 saturated heterocycles. The summed E-state index contributed by atoms with van der Waals surface area (Å²) in [6, 6.07) is 5.48. The lowest BCUT2D eigenvalue weighted by Crippen LogP contribution is -2.36. The highest BCUT2D eigenvalue weighted by molar-refractivity contribution is 6.30. The van der Waals surface area contributed by atoms with Crippen molar-refractivity contribution in [2.45, 2.75) is 39.7 Å². The fourth-order valence-corrected chi connectivity index (χ4v) is 3.41. The molecule has 1 aliphatic rings. The summed E-state index contributed by atoms with van der Waals surface area (Å²) in [5.74, 6) is -0.113. The van der Waals surface area contributed by atoms with E-state index in [1.165, 1.54) is 0 Å². The van der Waals surface area contributed by atoms with Crippen LogP contribution in [0, 0.1) is 13.8 Å². The number of hydrogen-bond acceptors (Lipinski definition) is 2. The van der Waals surface area contributed by atoms with Crippen LogP contribution in [0.1, 0.15) is 35.5 Å². The summed E-state index contributed by atoms with van der Waals surface area (Å²) in [6.07, 6.45) is 1.79. The van der Waals surface area contributed by atoms with Gasteiger partial charge in [0.2, 0.25) is 5.91 Å². The molecule has 0 N–H and O–H groups in total. The molecule has 1 aromatic carbocycles. The number of anilines is 1. The number of benzene rings is 1. The van der Waals surface area contributed by atoms with Gasteiger partial charge in [-0.15, -0.1) is 0 Å². The molecule has 24 heavy (non-hydrogen) atoms. The van der Waals surface area contributed by atoms with Gasteiger partial charge in [0, 0.05) is 28.5 Å². The van der Waals surface area contributed by atoms with Gasteiger partial charge in [-0.1, -0.05) is 11.6 Å². The quantitative estimate of drug-likeness (QED) is 0.834. The Kier molecular flexibility index (Phi) is 4.58. The van der Waals surface area contributed by atoms with E-state index in [0.717, 1.165) is 24.1 Å². The highest BCUT2D eigenvalue weighted by atomic mass is 35.5. The minimum Gasteiger partial charge on any atom is -0.312 e. The fraction of sp³-hybridized carbons (Fsp3) is 0.412. The average Bonchev–Trinajstić information content (AvgIpc) is 2.82. The lowest BCUT2D eigenvalue weighted by atomic mass is 10.0. The van der Waals surface area contributed by atoms with Gasteiger partial charge in [0.1, 0.15) is 0 Å². The molecule has 0 fully saturated rings. The third-order valence-electron chi connectivity index (χ3n) is 4.45. The van der Waals surface area contributed by atoms with E-state index in [0.29, 0.717) is 33.2 Å². The van der Waals surface area contributed by atoms with Crippen molar-refractivity contribution in [1.82, 2.24) is 9.78 Å². The maximum absolute atomic E-state index is 12.9. The Morgan fingerprint density at radius 3 is 2.79 bits per heavy atom. The Bertz CT molecular complexity index is 788. The minimum atomic E-state index is -2.70. The topological polar surface area (TPSA) is 38.1 Å². The van der Waals surface area contributed by atoms with Crippen LogP contribution in [0.2, 0.25) is 5.02 Å². The molecule has 0 aliphatic carbocycles. The zero-order valence-electron chi connectivity index (χ0n) is 13.5. The monoisotopic (exact) mass is 353 g/mol. The molecule has 1 amide bonds. The van der Waals surface area contributed by atoms with Crippen LogP contribution in [0.15, 0.2) is 18.2 Å². The molecule has 0 bridgehead atoms. The van der Waals surface area contributed by atoms with E-state index in [-0.39, 0.29) is 12.3 Å². The summed E-state index contributed by atoms with van der Waals surface area (Å²) in [5, 5.41) is 4.49. The van der Waals surface area contributed by atoms with E-state index in [2.05, 4.69) is 5.10 Å². The molecular formula is C17H18ClF2N3O. The Morgan fingerprint density at radius 1 is 1.38 bits per heavy atom. The van der Waals surface area contributed by atoms with Gasteiger partial charge in [0.25, 0.3) is 0 Å². The molecule has 0 unspecified atom stereocenters. The van der Waals surface area contributed by atoms with Gasteiger partial charge in [0.15, 0.2) is 0 Å². The van der Waals surface area contributed by atoms with Gasteiger partial charge in [-0.25, -0.2) is 4.68 Å². The van der Waals surface area contributed by atoms with Gasteiger partial charge in [0.05, 0.1) is 12.1 Å².